The van der Waals surface area contributed by atoms with E-state index in [0.29, 0.717) is 35.5 Å². The molecule has 29 heavy (non-hydrogen) atoms. The Balaban J connectivity index is 1.99. The highest BCUT2D eigenvalue weighted by atomic mass is 19.1. The first-order valence-electron chi connectivity index (χ1n) is 9.71. The maximum Gasteiger partial charge on any atom is 0.161 e. The molecule has 0 fully saturated rings. The van der Waals surface area contributed by atoms with E-state index in [1.54, 1.807) is 17.0 Å². The predicted octanol–water partition coefficient (Wildman–Crippen LogP) is 4.75. The topological polar surface area (TPSA) is 70.1 Å². The Morgan fingerprint density at radius 1 is 1.14 bits per heavy atom. The average molecular weight is 387 g/mol. The molecule has 2 aliphatic rings. The van der Waals surface area contributed by atoms with E-state index in [0.717, 1.165) is 28.8 Å². The van der Waals surface area contributed by atoms with Crippen molar-refractivity contribution in [3.63, 3.8) is 0 Å². The van der Waals surface area contributed by atoms with Gasteiger partial charge in [0, 0.05) is 23.4 Å². The number of rotatable bonds is 2. The number of Topliss-reactive ketones (excluding diaryl/α,β-unsaturated/α-hetero) is 1. The van der Waals surface area contributed by atoms with Crippen LogP contribution in [0.2, 0.25) is 0 Å². The smallest absolute Gasteiger partial charge is 0.161 e. The second-order valence-electron chi connectivity index (χ2n) is 7.65. The fraction of sp³-hybridized carbons (Fsp3) is 0.250. The fourth-order valence-electron chi connectivity index (χ4n) is 4.35. The number of hydrogen-bond donors (Lipinski definition) is 1. The summed E-state index contributed by atoms with van der Waals surface area (Å²) in [6.45, 7) is 3.98. The molecule has 0 aromatic heterocycles. The molecule has 4 rings (SSSR count). The largest absolute Gasteiger partial charge is 0.384 e. The van der Waals surface area contributed by atoms with Gasteiger partial charge < -0.3 is 5.73 Å². The van der Waals surface area contributed by atoms with Crippen LogP contribution in [0.1, 0.15) is 41.9 Å². The first-order valence-corrected chi connectivity index (χ1v) is 9.71. The SMILES string of the molecule is Cc1ccc(C)c(C2C(C#N)=C(N)N(c3ccc(F)cc3)C3=C2C(=O)CCC3)c1. The number of anilines is 1. The van der Waals surface area contributed by atoms with E-state index in [1.807, 2.05) is 32.0 Å². The number of allylic oxidation sites excluding steroid dienone is 3. The highest BCUT2D eigenvalue weighted by Gasteiger charge is 2.40. The molecular weight excluding hydrogens is 365 g/mol. The van der Waals surface area contributed by atoms with Crippen LogP contribution in [0, 0.1) is 31.0 Å². The molecule has 0 saturated heterocycles. The summed E-state index contributed by atoms with van der Waals surface area (Å²) in [4.78, 5) is 14.8. The van der Waals surface area contributed by atoms with Crippen molar-refractivity contribution >= 4 is 11.5 Å². The van der Waals surface area contributed by atoms with E-state index in [1.165, 1.54) is 12.1 Å². The van der Waals surface area contributed by atoms with Gasteiger partial charge in [0.15, 0.2) is 5.78 Å². The third kappa shape index (κ3) is 3.11. The van der Waals surface area contributed by atoms with E-state index in [2.05, 4.69) is 6.07 Å². The van der Waals surface area contributed by atoms with Crippen LogP contribution < -0.4 is 10.6 Å². The van der Waals surface area contributed by atoms with Crippen LogP contribution in [0.15, 0.2) is 65.1 Å². The Labute approximate surface area is 169 Å². The monoisotopic (exact) mass is 387 g/mol. The summed E-state index contributed by atoms with van der Waals surface area (Å²) in [6.07, 6.45) is 1.86. The Morgan fingerprint density at radius 3 is 2.55 bits per heavy atom. The lowest BCUT2D eigenvalue weighted by molar-refractivity contribution is -0.116. The van der Waals surface area contributed by atoms with Gasteiger partial charge in [0.05, 0.1) is 17.6 Å². The molecule has 2 N–H and O–H groups in total. The van der Waals surface area contributed by atoms with E-state index in [9.17, 15) is 14.4 Å². The Bertz CT molecular complexity index is 1110. The molecular formula is C24H22FN3O. The molecule has 4 nitrogen and oxygen atoms in total. The van der Waals surface area contributed by atoms with Crippen molar-refractivity contribution in [2.24, 2.45) is 5.73 Å². The normalized spacial score (nSPS) is 19.3. The number of carbonyl (C=O) groups excluding carboxylic acids is 1. The van der Waals surface area contributed by atoms with Crippen LogP contribution in [-0.2, 0) is 4.79 Å². The highest BCUT2D eigenvalue weighted by Crippen LogP contribution is 2.46. The first-order chi connectivity index (χ1) is 13.9. The maximum absolute atomic E-state index is 13.5. The number of nitrogens with zero attached hydrogens (tertiary/aromatic N) is 2. The zero-order valence-corrected chi connectivity index (χ0v) is 16.5. The third-order valence-electron chi connectivity index (χ3n) is 5.74. The second kappa shape index (κ2) is 7.21. The van der Waals surface area contributed by atoms with Crippen LogP contribution in [0.4, 0.5) is 10.1 Å². The van der Waals surface area contributed by atoms with Gasteiger partial charge in [-0.25, -0.2) is 4.39 Å². The van der Waals surface area contributed by atoms with Crippen molar-refractivity contribution in [3.05, 3.63) is 87.6 Å². The summed E-state index contributed by atoms with van der Waals surface area (Å²) in [7, 11) is 0. The molecule has 1 atom stereocenters. The molecule has 5 heteroatoms. The lowest BCUT2D eigenvalue weighted by Crippen LogP contribution is -2.38. The molecule has 0 amide bonds. The molecule has 1 unspecified atom stereocenters. The number of halogens is 1. The van der Waals surface area contributed by atoms with E-state index in [4.69, 9.17) is 5.73 Å². The van der Waals surface area contributed by atoms with Crippen LogP contribution in [-0.4, -0.2) is 5.78 Å². The van der Waals surface area contributed by atoms with Gasteiger partial charge >= 0.3 is 0 Å². The minimum absolute atomic E-state index is 0.0458. The molecule has 146 valence electrons. The number of nitrogens with two attached hydrogens (primary N) is 1. The van der Waals surface area contributed by atoms with E-state index < -0.39 is 5.92 Å². The molecule has 1 aliphatic heterocycles. The number of aryl methyl sites for hydroxylation is 2. The summed E-state index contributed by atoms with van der Waals surface area (Å²) >= 11 is 0. The van der Waals surface area contributed by atoms with Crippen molar-refractivity contribution in [3.8, 4) is 6.07 Å². The minimum atomic E-state index is -0.473. The van der Waals surface area contributed by atoms with Gasteiger partial charge in [0.2, 0.25) is 0 Å². The van der Waals surface area contributed by atoms with Crippen LogP contribution in [0.25, 0.3) is 0 Å². The first kappa shape index (κ1) is 18.9. The predicted molar refractivity (Wildman–Crippen MR) is 110 cm³/mol. The quantitative estimate of drug-likeness (QED) is 0.807. The third-order valence-corrected chi connectivity index (χ3v) is 5.74. The van der Waals surface area contributed by atoms with Gasteiger partial charge in [0.1, 0.15) is 11.6 Å². The standard InChI is InChI=1S/C24H22FN3O/c1-14-6-7-15(2)18(12-14)22-19(13-26)24(27)28(17-10-8-16(25)9-11-17)20-4-3-5-21(29)23(20)22/h6-12,22H,3-5,27H2,1-2H3. The lowest BCUT2D eigenvalue weighted by atomic mass is 9.74. The van der Waals surface area contributed by atoms with Gasteiger partial charge in [-0.1, -0.05) is 23.8 Å². The van der Waals surface area contributed by atoms with Gasteiger partial charge in [-0.05, 0) is 62.1 Å². The molecule has 0 spiro atoms. The van der Waals surface area contributed by atoms with Crippen molar-refractivity contribution in [1.29, 1.82) is 5.26 Å². The Kier molecular flexibility index (Phi) is 4.71. The van der Waals surface area contributed by atoms with Crippen LogP contribution >= 0.6 is 0 Å². The lowest BCUT2D eigenvalue weighted by Gasteiger charge is -2.40. The summed E-state index contributed by atoms with van der Waals surface area (Å²) in [5, 5.41) is 10.0. The van der Waals surface area contributed by atoms with Crippen LogP contribution in [0.5, 0.6) is 0 Å². The molecule has 1 aliphatic carbocycles. The number of hydrogen-bond acceptors (Lipinski definition) is 4. The van der Waals surface area contributed by atoms with Gasteiger partial charge in [-0.15, -0.1) is 0 Å². The van der Waals surface area contributed by atoms with Gasteiger partial charge in [0.25, 0.3) is 0 Å². The average Bonchev–Trinajstić information content (AvgIpc) is 2.70. The number of ketones is 1. The summed E-state index contributed by atoms with van der Waals surface area (Å²) in [6, 6.07) is 14.3. The molecule has 2 aromatic rings. The van der Waals surface area contributed by atoms with Crippen LogP contribution in [0.3, 0.4) is 0 Å². The Hall–Kier alpha value is -3.39. The summed E-state index contributed by atoms with van der Waals surface area (Å²) in [5.41, 5.74) is 12.0. The van der Waals surface area contributed by atoms with E-state index >= 15 is 0 Å². The van der Waals surface area contributed by atoms with E-state index in [-0.39, 0.29) is 11.6 Å². The molecule has 0 radical (unpaired) electrons. The molecule has 0 saturated carbocycles. The van der Waals surface area contributed by atoms with Crippen molar-refractivity contribution in [1.82, 2.24) is 0 Å². The van der Waals surface area contributed by atoms with Gasteiger partial charge in [-0.2, -0.15) is 5.26 Å². The number of benzene rings is 2. The van der Waals surface area contributed by atoms with Crippen molar-refractivity contribution in [2.45, 2.75) is 39.0 Å². The zero-order chi connectivity index (χ0) is 20.7. The fourth-order valence-corrected chi connectivity index (χ4v) is 4.35. The minimum Gasteiger partial charge on any atom is -0.384 e. The highest BCUT2D eigenvalue weighted by molar-refractivity contribution is 6.01. The van der Waals surface area contributed by atoms with Gasteiger partial charge in [-0.3, -0.25) is 9.69 Å². The second-order valence-corrected chi connectivity index (χ2v) is 7.65. The summed E-state index contributed by atoms with van der Waals surface area (Å²) in [5.74, 6) is -0.474. The number of nitriles is 1. The molecule has 0 bridgehead atoms. The Morgan fingerprint density at radius 2 is 1.86 bits per heavy atom. The summed E-state index contributed by atoms with van der Waals surface area (Å²) < 4.78 is 13.5. The molecule has 1 heterocycles. The number of carbonyl (C=O) groups is 1. The van der Waals surface area contributed by atoms with Crippen molar-refractivity contribution < 1.29 is 9.18 Å². The molecule has 2 aromatic carbocycles. The van der Waals surface area contributed by atoms with Crippen molar-refractivity contribution in [2.75, 3.05) is 4.90 Å². The zero-order valence-electron chi connectivity index (χ0n) is 16.5. The maximum atomic E-state index is 13.5.